The standard InChI is InChI=1S/C58H88O6/c1-4-7-10-13-16-19-21-23-25-27-29-31-32-34-36-39-42-45-48-51-57(60)63-54-55(53-62-56(59)50-47-44-41-38-18-15-12-9-6-3)64-58(61)52-49-46-43-40-37-35-33-30-28-26-24-22-20-17-14-11-8-5-2/h7,9-12,14,16-20,22-26,28-31,33-34,36,38,55H,4-6,8,13,15,21,27,32,35,37,39-54H2,1-3H3/b10-7-,12-9-,14-11-,19-16-,20-17-,24-22-,25-23-,28-26-,31-29-,33-30-,36-34-,38-18-. The minimum atomic E-state index is -0.824. The Labute approximate surface area is 391 Å². The lowest BCUT2D eigenvalue weighted by molar-refractivity contribution is -0.167. The molecule has 0 aromatic carbocycles. The molecule has 0 radical (unpaired) electrons. The number of allylic oxidation sites excluding steroid dienone is 24. The van der Waals surface area contributed by atoms with Crippen LogP contribution in [0.4, 0.5) is 0 Å². The average Bonchev–Trinajstić information content (AvgIpc) is 3.29. The Morgan fingerprint density at radius 2 is 0.672 bits per heavy atom. The first-order valence-corrected chi connectivity index (χ1v) is 24.9. The molecule has 0 aliphatic rings. The molecule has 6 nitrogen and oxygen atoms in total. The maximum absolute atomic E-state index is 12.8. The molecule has 1 atom stereocenters. The molecule has 64 heavy (non-hydrogen) atoms. The Morgan fingerprint density at radius 3 is 1.14 bits per heavy atom. The van der Waals surface area contributed by atoms with E-state index < -0.39 is 6.10 Å². The molecule has 0 aliphatic carbocycles. The van der Waals surface area contributed by atoms with E-state index in [0.717, 1.165) is 135 Å². The van der Waals surface area contributed by atoms with Crippen LogP contribution in [0.2, 0.25) is 0 Å². The zero-order valence-electron chi connectivity index (χ0n) is 40.5. The molecular weight excluding hydrogens is 793 g/mol. The van der Waals surface area contributed by atoms with Crippen LogP contribution in [0.3, 0.4) is 0 Å². The lowest BCUT2D eigenvalue weighted by atomic mass is 10.1. The molecule has 0 rings (SSSR count). The summed E-state index contributed by atoms with van der Waals surface area (Å²) in [5, 5.41) is 0. The molecule has 0 spiro atoms. The summed E-state index contributed by atoms with van der Waals surface area (Å²) in [5.74, 6) is -1.03. The zero-order valence-corrected chi connectivity index (χ0v) is 40.5. The molecule has 0 bridgehead atoms. The van der Waals surface area contributed by atoms with Crippen molar-refractivity contribution in [1.29, 1.82) is 0 Å². The van der Waals surface area contributed by atoms with Crippen LogP contribution in [-0.4, -0.2) is 37.2 Å². The number of carbonyl (C=O) groups is 3. The molecule has 0 heterocycles. The van der Waals surface area contributed by atoms with E-state index >= 15 is 0 Å². The van der Waals surface area contributed by atoms with Crippen molar-refractivity contribution < 1.29 is 28.6 Å². The highest BCUT2D eigenvalue weighted by atomic mass is 16.6. The van der Waals surface area contributed by atoms with Crippen LogP contribution in [0.1, 0.15) is 181 Å². The Balaban J connectivity index is 4.51. The summed E-state index contributed by atoms with van der Waals surface area (Å²) in [7, 11) is 0. The molecule has 0 amide bonds. The maximum Gasteiger partial charge on any atom is 0.306 e. The second-order valence-electron chi connectivity index (χ2n) is 15.7. The molecule has 1 unspecified atom stereocenters. The van der Waals surface area contributed by atoms with Crippen molar-refractivity contribution in [2.75, 3.05) is 13.2 Å². The van der Waals surface area contributed by atoms with Crippen LogP contribution < -0.4 is 0 Å². The first-order valence-electron chi connectivity index (χ1n) is 24.9. The largest absolute Gasteiger partial charge is 0.462 e. The van der Waals surface area contributed by atoms with Crippen LogP contribution in [-0.2, 0) is 28.6 Å². The van der Waals surface area contributed by atoms with E-state index in [9.17, 15) is 14.4 Å². The Kier molecular flexibility index (Phi) is 47.2. The minimum Gasteiger partial charge on any atom is -0.462 e. The summed E-state index contributed by atoms with van der Waals surface area (Å²) in [5.41, 5.74) is 0. The van der Waals surface area contributed by atoms with Gasteiger partial charge in [0, 0.05) is 19.3 Å². The van der Waals surface area contributed by atoms with E-state index in [1.54, 1.807) is 0 Å². The van der Waals surface area contributed by atoms with Gasteiger partial charge in [0.15, 0.2) is 6.10 Å². The van der Waals surface area contributed by atoms with Crippen molar-refractivity contribution in [3.63, 3.8) is 0 Å². The molecular formula is C58H88O6. The summed E-state index contributed by atoms with van der Waals surface area (Å²) in [6, 6.07) is 0. The Hall–Kier alpha value is -4.71. The number of rotatable bonds is 42. The molecule has 356 valence electrons. The predicted molar refractivity (Wildman–Crippen MR) is 274 cm³/mol. The van der Waals surface area contributed by atoms with Crippen LogP contribution in [0.5, 0.6) is 0 Å². The maximum atomic E-state index is 12.8. The highest BCUT2D eigenvalue weighted by molar-refractivity contribution is 5.71. The molecule has 0 aromatic heterocycles. The van der Waals surface area contributed by atoms with Crippen LogP contribution >= 0.6 is 0 Å². The smallest absolute Gasteiger partial charge is 0.306 e. The van der Waals surface area contributed by atoms with Crippen molar-refractivity contribution in [1.82, 2.24) is 0 Å². The van der Waals surface area contributed by atoms with Crippen molar-refractivity contribution in [3.05, 3.63) is 146 Å². The fourth-order valence-electron chi connectivity index (χ4n) is 6.00. The van der Waals surface area contributed by atoms with Crippen LogP contribution in [0.15, 0.2) is 146 Å². The van der Waals surface area contributed by atoms with E-state index in [-0.39, 0.29) is 37.5 Å². The average molecular weight is 881 g/mol. The predicted octanol–water partition coefficient (Wildman–Crippen LogP) is 16.5. The van der Waals surface area contributed by atoms with Crippen molar-refractivity contribution in [2.24, 2.45) is 0 Å². The lowest BCUT2D eigenvalue weighted by Crippen LogP contribution is -2.30. The fourth-order valence-corrected chi connectivity index (χ4v) is 6.00. The second kappa shape index (κ2) is 50.9. The van der Waals surface area contributed by atoms with Gasteiger partial charge in [-0.15, -0.1) is 0 Å². The second-order valence-corrected chi connectivity index (χ2v) is 15.7. The van der Waals surface area contributed by atoms with E-state index in [0.29, 0.717) is 12.8 Å². The molecule has 0 N–H and O–H groups in total. The van der Waals surface area contributed by atoms with E-state index in [4.69, 9.17) is 14.2 Å². The monoisotopic (exact) mass is 881 g/mol. The quantitative estimate of drug-likeness (QED) is 0.0200. The first-order chi connectivity index (χ1) is 31.5. The number of ether oxygens (including phenoxy) is 3. The Bertz CT molecular complexity index is 1480. The molecule has 0 aromatic rings. The van der Waals surface area contributed by atoms with Gasteiger partial charge in [-0.1, -0.05) is 199 Å². The molecule has 0 fully saturated rings. The summed E-state index contributed by atoms with van der Waals surface area (Å²) in [6.07, 6.45) is 72.6. The summed E-state index contributed by atoms with van der Waals surface area (Å²) in [6.45, 7) is 6.19. The van der Waals surface area contributed by atoms with Crippen LogP contribution in [0.25, 0.3) is 0 Å². The van der Waals surface area contributed by atoms with E-state index in [1.807, 2.05) is 36.5 Å². The third-order valence-corrected chi connectivity index (χ3v) is 9.67. The molecule has 6 heteroatoms. The van der Waals surface area contributed by atoms with Gasteiger partial charge >= 0.3 is 17.9 Å². The molecule has 0 aliphatic heterocycles. The first kappa shape index (κ1) is 59.3. The number of hydrogen-bond acceptors (Lipinski definition) is 6. The normalized spacial score (nSPS) is 13.4. The highest BCUT2D eigenvalue weighted by Crippen LogP contribution is 2.11. The van der Waals surface area contributed by atoms with E-state index in [1.165, 1.54) is 6.42 Å². The number of hydrogen-bond donors (Lipinski definition) is 0. The van der Waals surface area contributed by atoms with Crippen molar-refractivity contribution >= 4 is 17.9 Å². The van der Waals surface area contributed by atoms with Gasteiger partial charge in [-0.2, -0.15) is 0 Å². The van der Waals surface area contributed by atoms with Gasteiger partial charge in [-0.3, -0.25) is 14.4 Å². The molecule has 0 saturated carbocycles. The minimum absolute atomic E-state index is 0.123. The number of carbonyl (C=O) groups excluding carboxylic acids is 3. The third-order valence-electron chi connectivity index (χ3n) is 9.67. The van der Waals surface area contributed by atoms with Crippen molar-refractivity contribution in [3.8, 4) is 0 Å². The zero-order chi connectivity index (χ0) is 46.5. The SMILES string of the molecule is CC/C=C\C/C=C\C/C=C\C/C=C\C/C=C\CCCCCC(=O)OCC(COC(=O)CCCC/C=C\C/C=C\CC)OC(=O)CCCCCCC\C=C/C=C\C=C/C=C\C=C/CCC. The van der Waals surface area contributed by atoms with Gasteiger partial charge in [0.1, 0.15) is 13.2 Å². The van der Waals surface area contributed by atoms with Crippen LogP contribution in [0, 0.1) is 0 Å². The van der Waals surface area contributed by atoms with Gasteiger partial charge in [0.05, 0.1) is 0 Å². The highest BCUT2D eigenvalue weighted by Gasteiger charge is 2.19. The van der Waals surface area contributed by atoms with Gasteiger partial charge in [-0.05, 0) is 109 Å². The van der Waals surface area contributed by atoms with Gasteiger partial charge in [0.2, 0.25) is 0 Å². The van der Waals surface area contributed by atoms with Gasteiger partial charge in [-0.25, -0.2) is 0 Å². The van der Waals surface area contributed by atoms with Crippen molar-refractivity contribution in [2.45, 2.75) is 187 Å². The summed E-state index contributed by atoms with van der Waals surface area (Å²) < 4.78 is 16.7. The van der Waals surface area contributed by atoms with Gasteiger partial charge < -0.3 is 14.2 Å². The summed E-state index contributed by atoms with van der Waals surface area (Å²) >= 11 is 0. The number of unbranched alkanes of at least 4 members (excludes halogenated alkanes) is 11. The lowest BCUT2D eigenvalue weighted by Gasteiger charge is -2.18. The number of esters is 3. The molecule has 0 saturated heterocycles. The summed E-state index contributed by atoms with van der Waals surface area (Å²) in [4.78, 5) is 37.9. The Morgan fingerprint density at radius 1 is 0.344 bits per heavy atom. The fraction of sp³-hybridized carbons (Fsp3) is 0.534. The topological polar surface area (TPSA) is 78.9 Å². The third kappa shape index (κ3) is 48.3. The van der Waals surface area contributed by atoms with E-state index in [2.05, 4.69) is 130 Å². The van der Waals surface area contributed by atoms with Gasteiger partial charge in [0.25, 0.3) is 0 Å².